The minimum absolute atomic E-state index is 0.757. The smallest absolute Gasteiger partial charge is 0.143 e. The van der Waals surface area contributed by atoms with E-state index in [9.17, 15) is 0 Å². The Bertz CT molecular complexity index is 741. The molecule has 0 atom stereocenters. The predicted molar refractivity (Wildman–Crippen MR) is 82.5 cm³/mol. The van der Waals surface area contributed by atoms with Crippen LogP contribution in [-0.2, 0) is 6.42 Å². The van der Waals surface area contributed by atoms with Gasteiger partial charge in [0.05, 0.1) is 5.39 Å². The molecule has 0 saturated carbocycles. The van der Waals surface area contributed by atoms with Gasteiger partial charge in [0.15, 0.2) is 0 Å². The van der Waals surface area contributed by atoms with E-state index in [4.69, 9.17) is 0 Å². The number of anilines is 2. The first-order valence-corrected chi connectivity index (χ1v) is 6.85. The summed E-state index contributed by atoms with van der Waals surface area (Å²) in [6.45, 7) is 6.08. The lowest BCUT2D eigenvalue weighted by atomic mass is 10.1. The lowest BCUT2D eigenvalue weighted by Crippen LogP contribution is -1.98. The predicted octanol–water partition coefficient (Wildman–Crippen LogP) is 3.88. The second-order valence-electron chi connectivity index (χ2n) is 5.01. The average molecular weight is 266 g/mol. The van der Waals surface area contributed by atoms with Gasteiger partial charge in [-0.15, -0.1) is 0 Å². The molecule has 1 aromatic carbocycles. The summed E-state index contributed by atoms with van der Waals surface area (Å²) in [7, 11) is 0. The first-order chi connectivity index (χ1) is 9.65. The molecular weight excluding hydrogens is 248 g/mol. The molecule has 0 radical (unpaired) electrons. The Morgan fingerprint density at radius 2 is 1.85 bits per heavy atom. The second-order valence-corrected chi connectivity index (χ2v) is 5.01. The van der Waals surface area contributed by atoms with Gasteiger partial charge in [-0.05, 0) is 44.0 Å². The van der Waals surface area contributed by atoms with Gasteiger partial charge >= 0.3 is 0 Å². The number of benzene rings is 1. The number of H-pyrrole nitrogens is 1. The molecule has 0 bridgehead atoms. The molecule has 4 nitrogen and oxygen atoms in total. The molecule has 0 aliphatic rings. The summed E-state index contributed by atoms with van der Waals surface area (Å²) in [5, 5.41) is 4.40. The molecular formula is C16H18N4. The van der Waals surface area contributed by atoms with Crippen molar-refractivity contribution in [2.45, 2.75) is 27.2 Å². The van der Waals surface area contributed by atoms with E-state index >= 15 is 0 Å². The maximum absolute atomic E-state index is 4.51. The van der Waals surface area contributed by atoms with Gasteiger partial charge in [0, 0.05) is 11.4 Å². The molecule has 0 spiro atoms. The highest BCUT2D eigenvalue weighted by Crippen LogP contribution is 2.24. The Morgan fingerprint density at radius 1 is 1.10 bits per heavy atom. The molecule has 0 aliphatic heterocycles. The quantitative estimate of drug-likeness (QED) is 0.756. The standard InChI is InChI=1S/C16H18N4/c1-4-12-5-7-13(8-6-12)20-16-14-9-10(2)17-15(14)18-11(3)19-16/h5-9H,4H2,1-3H3,(H2,17,18,19,20). The van der Waals surface area contributed by atoms with Gasteiger partial charge in [0.25, 0.3) is 0 Å². The summed E-state index contributed by atoms with van der Waals surface area (Å²) >= 11 is 0. The number of aromatic nitrogens is 3. The van der Waals surface area contributed by atoms with Crippen LogP contribution in [0.2, 0.25) is 0 Å². The topological polar surface area (TPSA) is 53.6 Å². The third-order valence-corrected chi connectivity index (χ3v) is 3.36. The average Bonchev–Trinajstić information content (AvgIpc) is 2.80. The molecule has 2 aromatic heterocycles. The Kier molecular flexibility index (Phi) is 3.14. The zero-order chi connectivity index (χ0) is 14.1. The number of aryl methyl sites for hydroxylation is 3. The van der Waals surface area contributed by atoms with Crippen LogP contribution in [0, 0.1) is 13.8 Å². The fraction of sp³-hybridized carbons (Fsp3) is 0.250. The molecule has 0 aliphatic carbocycles. The number of fused-ring (bicyclic) bond motifs is 1. The van der Waals surface area contributed by atoms with E-state index in [0.717, 1.165) is 40.5 Å². The van der Waals surface area contributed by atoms with E-state index in [1.807, 2.05) is 13.8 Å². The van der Waals surface area contributed by atoms with Crippen molar-refractivity contribution in [1.29, 1.82) is 0 Å². The summed E-state index contributed by atoms with van der Waals surface area (Å²) in [6, 6.07) is 10.5. The van der Waals surface area contributed by atoms with Crippen LogP contribution in [-0.4, -0.2) is 15.0 Å². The molecule has 2 N–H and O–H groups in total. The molecule has 3 rings (SSSR count). The van der Waals surface area contributed by atoms with Crippen molar-refractivity contribution in [3.05, 3.63) is 47.4 Å². The van der Waals surface area contributed by atoms with Gasteiger partial charge in [0.1, 0.15) is 17.3 Å². The SMILES string of the molecule is CCc1ccc(Nc2nc(C)nc3[nH]c(C)cc23)cc1. The molecule has 4 heteroatoms. The highest BCUT2D eigenvalue weighted by molar-refractivity contribution is 5.89. The molecule has 0 fully saturated rings. The molecule has 102 valence electrons. The van der Waals surface area contributed by atoms with Gasteiger partial charge in [-0.3, -0.25) is 0 Å². The molecule has 0 saturated heterocycles. The van der Waals surface area contributed by atoms with Gasteiger partial charge in [0.2, 0.25) is 0 Å². The van der Waals surface area contributed by atoms with Crippen LogP contribution in [0.25, 0.3) is 11.0 Å². The van der Waals surface area contributed by atoms with E-state index in [1.54, 1.807) is 0 Å². The van der Waals surface area contributed by atoms with Crippen LogP contribution < -0.4 is 5.32 Å². The monoisotopic (exact) mass is 266 g/mol. The van der Waals surface area contributed by atoms with Crippen molar-refractivity contribution in [1.82, 2.24) is 15.0 Å². The Hall–Kier alpha value is -2.36. The summed E-state index contributed by atoms with van der Waals surface area (Å²) in [4.78, 5) is 12.2. The molecule has 3 aromatic rings. The van der Waals surface area contributed by atoms with Crippen LogP contribution in [0.3, 0.4) is 0 Å². The molecule has 2 heterocycles. The maximum atomic E-state index is 4.51. The fourth-order valence-corrected chi connectivity index (χ4v) is 2.31. The summed E-state index contributed by atoms with van der Waals surface area (Å²) in [5.41, 5.74) is 4.34. The van der Waals surface area contributed by atoms with Gasteiger partial charge in [-0.25, -0.2) is 9.97 Å². The number of rotatable bonds is 3. The van der Waals surface area contributed by atoms with Crippen LogP contribution in [0.15, 0.2) is 30.3 Å². The third kappa shape index (κ3) is 2.37. The number of hydrogen-bond donors (Lipinski definition) is 2. The number of nitrogens with zero attached hydrogens (tertiary/aromatic N) is 2. The Balaban J connectivity index is 2.00. The summed E-state index contributed by atoms with van der Waals surface area (Å²) in [6.07, 6.45) is 1.05. The van der Waals surface area contributed by atoms with E-state index in [0.29, 0.717) is 0 Å². The minimum Gasteiger partial charge on any atom is -0.343 e. The van der Waals surface area contributed by atoms with E-state index < -0.39 is 0 Å². The fourth-order valence-electron chi connectivity index (χ4n) is 2.31. The first kappa shape index (κ1) is 12.7. The highest BCUT2D eigenvalue weighted by Gasteiger charge is 2.08. The van der Waals surface area contributed by atoms with Gasteiger partial charge in [-0.2, -0.15) is 0 Å². The zero-order valence-corrected chi connectivity index (χ0v) is 12.0. The largest absolute Gasteiger partial charge is 0.343 e. The van der Waals surface area contributed by atoms with Crippen molar-refractivity contribution in [3.63, 3.8) is 0 Å². The van der Waals surface area contributed by atoms with Crippen molar-refractivity contribution in [2.24, 2.45) is 0 Å². The van der Waals surface area contributed by atoms with Crippen LogP contribution in [0.5, 0.6) is 0 Å². The van der Waals surface area contributed by atoms with Crippen molar-refractivity contribution < 1.29 is 0 Å². The number of aromatic amines is 1. The summed E-state index contributed by atoms with van der Waals surface area (Å²) in [5.74, 6) is 1.60. The molecule has 0 unspecified atom stereocenters. The van der Waals surface area contributed by atoms with Gasteiger partial charge < -0.3 is 10.3 Å². The normalized spacial score (nSPS) is 10.9. The Labute approximate surface area is 118 Å². The first-order valence-electron chi connectivity index (χ1n) is 6.85. The van der Waals surface area contributed by atoms with Crippen molar-refractivity contribution in [3.8, 4) is 0 Å². The van der Waals surface area contributed by atoms with Crippen LogP contribution in [0.4, 0.5) is 11.5 Å². The Morgan fingerprint density at radius 3 is 2.55 bits per heavy atom. The number of hydrogen-bond acceptors (Lipinski definition) is 3. The second kappa shape index (κ2) is 4.96. The van der Waals surface area contributed by atoms with Crippen molar-refractivity contribution in [2.75, 3.05) is 5.32 Å². The summed E-state index contributed by atoms with van der Waals surface area (Å²) < 4.78 is 0. The van der Waals surface area contributed by atoms with Crippen molar-refractivity contribution >= 4 is 22.5 Å². The van der Waals surface area contributed by atoms with Gasteiger partial charge in [-0.1, -0.05) is 19.1 Å². The van der Waals surface area contributed by atoms with E-state index in [-0.39, 0.29) is 0 Å². The third-order valence-electron chi connectivity index (χ3n) is 3.36. The van der Waals surface area contributed by atoms with Crippen LogP contribution >= 0.6 is 0 Å². The van der Waals surface area contributed by atoms with E-state index in [2.05, 4.69) is 57.5 Å². The maximum Gasteiger partial charge on any atom is 0.143 e. The highest BCUT2D eigenvalue weighted by atomic mass is 15.1. The lowest BCUT2D eigenvalue weighted by Gasteiger charge is -2.08. The zero-order valence-electron chi connectivity index (χ0n) is 12.0. The van der Waals surface area contributed by atoms with E-state index in [1.165, 1.54) is 5.56 Å². The minimum atomic E-state index is 0.757. The number of nitrogens with one attached hydrogen (secondary N) is 2. The lowest BCUT2D eigenvalue weighted by molar-refractivity contribution is 1.08. The van der Waals surface area contributed by atoms with Crippen LogP contribution in [0.1, 0.15) is 24.0 Å². The molecule has 20 heavy (non-hydrogen) atoms. The molecule has 0 amide bonds.